The van der Waals surface area contributed by atoms with Gasteiger partial charge in [-0.3, -0.25) is 0 Å². The Morgan fingerprint density at radius 3 is 0.969 bits per heavy atom. The van der Waals surface area contributed by atoms with Gasteiger partial charge in [-0.05, 0) is 145 Å². The lowest BCUT2D eigenvalue weighted by atomic mass is 9.96. The third-order valence-corrected chi connectivity index (χ3v) is 27.1. The number of hydrogen-bond donors (Lipinski definition) is 0. The van der Waals surface area contributed by atoms with Crippen LogP contribution in [-0.4, -0.2) is 34.5 Å². The Bertz CT molecular complexity index is 8440. The fourth-order valence-corrected chi connectivity index (χ4v) is 20.9. The van der Waals surface area contributed by atoms with Crippen LogP contribution in [0.2, 0.25) is 0 Å². The molecule has 0 aliphatic rings. The van der Waals surface area contributed by atoms with Crippen LogP contribution in [0.1, 0.15) is 0 Å². The maximum Gasteiger partial charge on any atom is 0.160 e. The van der Waals surface area contributed by atoms with Crippen molar-refractivity contribution in [3.05, 3.63) is 443 Å². The molecule has 0 bridgehead atoms. The topological polar surface area (TPSA) is 82.3 Å². The molecule has 592 valence electrons. The van der Waals surface area contributed by atoms with Crippen LogP contribution in [0.3, 0.4) is 0 Å². The van der Waals surface area contributed by atoms with Crippen LogP contribution in [0, 0.1) is 0 Å². The molecular formula is C118H73N7S2. The van der Waals surface area contributed by atoms with Crippen molar-refractivity contribution in [2.45, 2.75) is 0 Å². The molecule has 0 N–H and O–H groups in total. The SMILES string of the molecule is c1ccc(-c2cc(-c3ccc(-n4c5ccccc5c5ccccc54)cc3)nc(-c3ccc(-c4ccc5nc(-c6cccc7ccccc67)c6sc7ccccc7c6c5c4)cc3)n2)cc1.c1ccc(-c2ccc(-c3cc(-c4ccc(-c5ccccc5)cc4)nc(-c4cccc(-c5ccc6nc(-c7cccc8ccccc78)c7sc8ccccc8c7c6c5)c4)n3)cc2)cc1. The van der Waals surface area contributed by atoms with Gasteiger partial charge in [0.25, 0.3) is 0 Å². The van der Waals surface area contributed by atoms with Crippen molar-refractivity contribution in [3.8, 4) is 141 Å². The van der Waals surface area contributed by atoms with E-state index in [-0.39, 0.29) is 0 Å². The van der Waals surface area contributed by atoms with E-state index < -0.39 is 0 Å². The monoisotopic (exact) mass is 1650 g/mol. The lowest BCUT2D eigenvalue weighted by molar-refractivity contribution is 1.17. The van der Waals surface area contributed by atoms with E-state index in [1.54, 1.807) is 0 Å². The number of para-hydroxylation sites is 2. The number of benzene rings is 18. The van der Waals surface area contributed by atoms with Crippen molar-refractivity contribution in [3.63, 3.8) is 0 Å². The van der Waals surface area contributed by atoms with Crippen LogP contribution in [0.5, 0.6) is 0 Å². The van der Waals surface area contributed by atoms with Crippen LogP contribution in [0.25, 0.3) is 246 Å². The van der Waals surface area contributed by atoms with Gasteiger partial charge in [0.15, 0.2) is 11.6 Å². The molecule has 0 unspecified atom stereocenters. The lowest BCUT2D eigenvalue weighted by Crippen LogP contribution is -1.97. The van der Waals surface area contributed by atoms with Gasteiger partial charge in [0.2, 0.25) is 0 Å². The molecule has 0 radical (unpaired) electrons. The molecular weight excluding hydrogens is 1580 g/mol. The predicted octanol–water partition coefficient (Wildman–Crippen LogP) is 32.2. The summed E-state index contributed by atoms with van der Waals surface area (Å²) in [5.74, 6) is 1.36. The average Bonchev–Trinajstić information content (AvgIpc) is 1.60. The first-order valence-electron chi connectivity index (χ1n) is 42.8. The minimum atomic E-state index is 0.678. The van der Waals surface area contributed by atoms with Gasteiger partial charge in [-0.25, -0.2) is 29.9 Å². The molecule has 7 nitrogen and oxygen atoms in total. The van der Waals surface area contributed by atoms with E-state index in [1.165, 1.54) is 106 Å². The number of fused-ring (bicyclic) bond motifs is 15. The number of pyridine rings is 2. The molecule has 0 fully saturated rings. The largest absolute Gasteiger partial charge is 0.309 e. The highest BCUT2D eigenvalue weighted by Gasteiger charge is 2.24. The van der Waals surface area contributed by atoms with E-state index in [1.807, 2.05) is 40.9 Å². The van der Waals surface area contributed by atoms with Crippen molar-refractivity contribution in [2.24, 2.45) is 0 Å². The van der Waals surface area contributed by atoms with Crippen molar-refractivity contribution in [1.82, 2.24) is 34.5 Å². The number of nitrogens with zero attached hydrogens (tertiary/aromatic N) is 7. The smallest absolute Gasteiger partial charge is 0.160 e. The zero-order valence-electron chi connectivity index (χ0n) is 68.6. The zero-order valence-corrected chi connectivity index (χ0v) is 70.2. The second kappa shape index (κ2) is 31.5. The highest BCUT2D eigenvalue weighted by molar-refractivity contribution is 7.27. The Labute approximate surface area is 740 Å². The minimum Gasteiger partial charge on any atom is -0.309 e. The summed E-state index contributed by atoms with van der Waals surface area (Å²) in [6.07, 6.45) is 0. The van der Waals surface area contributed by atoms with Gasteiger partial charge in [0.1, 0.15) is 0 Å². The van der Waals surface area contributed by atoms with E-state index in [4.69, 9.17) is 29.9 Å². The standard InChI is InChI=1S/C59H36N4S.C59H37N3S/c1-2-14-39(15-3-1)51-36-52(40-29-32-43(33-30-40)63-53-22-9-6-18-45(53)46-19-7-10-23-54(46)63)62-59(61-51)41-27-25-37(26-28-41)42-31-34-50-49(35-42)56-48-20-8-11-24-55(48)64-58(56)57(60-50)47-21-12-16-38-13-4-5-17-44(38)47;1-3-13-38(14-4-1)40-25-29-43(30-26-40)53-37-54(44-31-27-41(28-32-44)39-15-5-2-6-16-39)62-59(61-53)47-20-11-19-45(35-47)46-33-34-52-51(36-46)56-50-22-9-10-24-55(50)63-58(56)57(60-52)49-23-12-18-42-17-7-8-21-48(42)49/h1-36H;1-37H. The number of rotatable bonds is 13. The third-order valence-electron chi connectivity index (χ3n) is 24.7. The Balaban J connectivity index is 0.000000142. The Morgan fingerprint density at radius 2 is 0.496 bits per heavy atom. The molecule has 25 rings (SSSR count). The van der Waals surface area contributed by atoms with Crippen LogP contribution < -0.4 is 0 Å². The van der Waals surface area contributed by atoms with Crippen LogP contribution in [0.4, 0.5) is 0 Å². The molecule has 127 heavy (non-hydrogen) atoms. The zero-order chi connectivity index (χ0) is 83.8. The van der Waals surface area contributed by atoms with Gasteiger partial charge >= 0.3 is 0 Å². The van der Waals surface area contributed by atoms with Crippen LogP contribution >= 0.6 is 22.7 Å². The normalized spacial score (nSPS) is 11.6. The van der Waals surface area contributed by atoms with Crippen molar-refractivity contribution < 1.29 is 0 Å². The van der Waals surface area contributed by atoms with Gasteiger partial charge < -0.3 is 4.57 Å². The highest BCUT2D eigenvalue weighted by atomic mass is 32.1. The number of thiophene rings is 2. The summed E-state index contributed by atoms with van der Waals surface area (Å²) in [5.41, 5.74) is 28.6. The summed E-state index contributed by atoms with van der Waals surface area (Å²) in [5, 5.41) is 14.7. The Morgan fingerprint density at radius 1 is 0.189 bits per heavy atom. The van der Waals surface area contributed by atoms with Gasteiger partial charge in [-0.1, -0.05) is 364 Å². The minimum absolute atomic E-state index is 0.678. The molecule has 0 saturated heterocycles. The number of hydrogen-bond acceptors (Lipinski definition) is 8. The van der Waals surface area contributed by atoms with Gasteiger partial charge in [-0.2, -0.15) is 0 Å². The fourth-order valence-electron chi connectivity index (χ4n) is 18.5. The van der Waals surface area contributed by atoms with E-state index in [2.05, 4.69) is 429 Å². The van der Waals surface area contributed by atoms with Gasteiger partial charge in [0, 0.05) is 103 Å². The van der Waals surface area contributed by atoms with Crippen molar-refractivity contribution in [2.75, 3.05) is 0 Å². The Hall–Kier alpha value is -16.3. The Kier molecular flexibility index (Phi) is 18.5. The molecule has 9 heteroatoms. The maximum absolute atomic E-state index is 5.43. The molecule has 0 amide bonds. The highest BCUT2D eigenvalue weighted by Crippen LogP contribution is 2.49. The van der Waals surface area contributed by atoms with E-state index in [0.29, 0.717) is 11.6 Å². The van der Waals surface area contributed by atoms with Gasteiger partial charge in [-0.15, -0.1) is 22.7 Å². The second-order valence-corrected chi connectivity index (χ2v) is 34.4. The summed E-state index contributed by atoms with van der Waals surface area (Å²) in [6, 6.07) is 157. The summed E-state index contributed by atoms with van der Waals surface area (Å²) in [7, 11) is 0. The summed E-state index contributed by atoms with van der Waals surface area (Å²) in [4.78, 5) is 31.7. The first kappa shape index (κ1) is 74.5. The second-order valence-electron chi connectivity index (χ2n) is 32.3. The van der Waals surface area contributed by atoms with Crippen LogP contribution in [0.15, 0.2) is 443 Å². The van der Waals surface area contributed by atoms with Crippen molar-refractivity contribution in [1.29, 1.82) is 0 Å². The maximum atomic E-state index is 5.43. The molecule has 7 aromatic heterocycles. The summed E-state index contributed by atoms with van der Waals surface area (Å²) in [6.45, 7) is 0. The molecule has 0 spiro atoms. The summed E-state index contributed by atoms with van der Waals surface area (Å²) < 4.78 is 7.28. The fraction of sp³-hybridized carbons (Fsp3) is 0. The lowest BCUT2D eigenvalue weighted by Gasteiger charge is -2.13. The molecule has 25 aromatic rings. The van der Waals surface area contributed by atoms with E-state index >= 15 is 0 Å². The molecule has 18 aromatic carbocycles. The predicted molar refractivity (Wildman–Crippen MR) is 535 cm³/mol. The molecule has 7 heterocycles. The molecule has 0 aliphatic heterocycles. The molecule has 0 saturated carbocycles. The summed E-state index contributed by atoms with van der Waals surface area (Å²) >= 11 is 3.66. The molecule has 0 aliphatic carbocycles. The van der Waals surface area contributed by atoms with Crippen molar-refractivity contribution >= 4 is 128 Å². The van der Waals surface area contributed by atoms with Crippen LogP contribution in [-0.2, 0) is 0 Å². The first-order valence-corrected chi connectivity index (χ1v) is 44.5. The molecule has 0 atom stereocenters. The first-order chi connectivity index (χ1) is 62.9. The number of aromatic nitrogens is 7. The van der Waals surface area contributed by atoms with Gasteiger partial charge in [0.05, 0.1) is 65.6 Å². The average molecular weight is 1650 g/mol. The van der Waals surface area contributed by atoms with E-state index in [0.717, 1.165) is 128 Å². The third kappa shape index (κ3) is 13.6. The van der Waals surface area contributed by atoms with E-state index in [9.17, 15) is 0 Å². The quantitative estimate of drug-likeness (QED) is 0.114.